The lowest BCUT2D eigenvalue weighted by atomic mass is 10.2. The lowest BCUT2D eigenvalue weighted by Crippen LogP contribution is -2.34. The van der Waals surface area contributed by atoms with Crippen LogP contribution in [0, 0.1) is 0 Å². The monoisotopic (exact) mass is 310 g/mol. The molecule has 0 saturated carbocycles. The summed E-state index contributed by atoms with van der Waals surface area (Å²) < 4.78 is 5.38. The van der Waals surface area contributed by atoms with E-state index in [0.717, 1.165) is 5.69 Å². The van der Waals surface area contributed by atoms with E-state index in [4.69, 9.17) is 4.74 Å². The summed E-state index contributed by atoms with van der Waals surface area (Å²) in [6, 6.07) is 15.9. The normalized spacial score (nSPS) is 17.4. The number of hydrogen-bond acceptors (Lipinski definition) is 4. The maximum atomic E-state index is 12.5. The molecule has 1 saturated heterocycles. The number of hydrogen-bond donors (Lipinski definition) is 1. The lowest BCUT2D eigenvalue weighted by molar-refractivity contribution is -0.121. The Labute approximate surface area is 134 Å². The van der Waals surface area contributed by atoms with E-state index in [9.17, 15) is 9.59 Å². The predicted octanol–water partition coefficient (Wildman–Crippen LogP) is 2.83. The standard InChI is InChI=1S/C18H18N2O3/c1-2-23-15-10-8-14(9-11-15)20-17(21)12-16(18(20)22)19-13-6-4-3-5-7-13/h3-11,16,19H,2,12H2,1H3/t16-/m0/s1. The first-order chi connectivity index (χ1) is 11.2. The van der Waals surface area contributed by atoms with Crippen molar-refractivity contribution < 1.29 is 14.3 Å². The molecule has 1 N–H and O–H groups in total. The molecule has 0 aromatic heterocycles. The number of carbonyl (C=O) groups is 2. The summed E-state index contributed by atoms with van der Waals surface area (Å²) in [6.07, 6.45) is 0.154. The highest BCUT2D eigenvalue weighted by Gasteiger charge is 2.39. The van der Waals surface area contributed by atoms with Crippen LogP contribution in [0.25, 0.3) is 0 Å². The largest absolute Gasteiger partial charge is 0.494 e. The third-order valence-electron chi connectivity index (χ3n) is 3.67. The Kier molecular flexibility index (Phi) is 4.28. The summed E-state index contributed by atoms with van der Waals surface area (Å²) >= 11 is 0. The van der Waals surface area contributed by atoms with Gasteiger partial charge in [0.05, 0.1) is 18.7 Å². The topological polar surface area (TPSA) is 58.6 Å². The predicted molar refractivity (Wildman–Crippen MR) is 88.6 cm³/mol. The highest BCUT2D eigenvalue weighted by atomic mass is 16.5. The molecule has 1 heterocycles. The van der Waals surface area contributed by atoms with Gasteiger partial charge in [-0.25, -0.2) is 4.90 Å². The van der Waals surface area contributed by atoms with E-state index in [-0.39, 0.29) is 18.2 Å². The molecule has 1 fully saturated rings. The highest BCUT2D eigenvalue weighted by molar-refractivity contribution is 6.23. The summed E-state index contributed by atoms with van der Waals surface area (Å²) in [6.45, 7) is 2.48. The van der Waals surface area contributed by atoms with Crippen molar-refractivity contribution in [1.29, 1.82) is 0 Å². The summed E-state index contributed by atoms with van der Waals surface area (Å²) in [4.78, 5) is 26.0. The molecule has 0 radical (unpaired) electrons. The first-order valence-electron chi connectivity index (χ1n) is 7.60. The minimum Gasteiger partial charge on any atom is -0.494 e. The van der Waals surface area contributed by atoms with Gasteiger partial charge in [0.1, 0.15) is 11.8 Å². The molecule has 2 amide bonds. The van der Waals surface area contributed by atoms with Gasteiger partial charge in [-0.2, -0.15) is 0 Å². The fourth-order valence-electron chi connectivity index (χ4n) is 2.61. The molecule has 5 nitrogen and oxygen atoms in total. The molecule has 2 aromatic carbocycles. The Morgan fingerprint density at radius 1 is 1.09 bits per heavy atom. The Morgan fingerprint density at radius 2 is 1.78 bits per heavy atom. The third-order valence-corrected chi connectivity index (χ3v) is 3.67. The van der Waals surface area contributed by atoms with Gasteiger partial charge in [0.15, 0.2) is 0 Å². The van der Waals surface area contributed by atoms with Crippen molar-refractivity contribution in [1.82, 2.24) is 0 Å². The van der Waals surface area contributed by atoms with Crippen molar-refractivity contribution in [3.05, 3.63) is 54.6 Å². The summed E-state index contributed by atoms with van der Waals surface area (Å²) in [5, 5.41) is 3.12. The van der Waals surface area contributed by atoms with Gasteiger partial charge in [-0.1, -0.05) is 18.2 Å². The van der Waals surface area contributed by atoms with Gasteiger partial charge in [-0.05, 0) is 43.3 Å². The molecule has 3 rings (SSSR count). The lowest BCUT2D eigenvalue weighted by Gasteiger charge is -2.16. The van der Waals surface area contributed by atoms with Gasteiger partial charge in [-0.15, -0.1) is 0 Å². The highest BCUT2D eigenvalue weighted by Crippen LogP contribution is 2.26. The number of nitrogens with zero attached hydrogens (tertiary/aromatic N) is 1. The molecule has 0 unspecified atom stereocenters. The molecule has 1 aliphatic heterocycles. The molecule has 0 spiro atoms. The molecule has 23 heavy (non-hydrogen) atoms. The van der Waals surface area contributed by atoms with E-state index in [2.05, 4.69) is 5.32 Å². The van der Waals surface area contributed by atoms with Gasteiger partial charge in [0.2, 0.25) is 5.91 Å². The maximum Gasteiger partial charge on any atom is 0.256 e. The number of nitrogens with one attached hydrogen (secondary N) is 1. The van der Waals surface area contributed by atoms with Crippen LogP contribution in [-0.4, -0.2) is 24.5 Å². The van der Waals surface area contributed by atoms with E-state index >= 15 is 0 Å². The minimum absolute atomic E-state index is 0.154. The summed E-state index contributed by atoms with van der Waals surface area (Å²) in [5.74, 6) is 0.282. The molecular weight excluding hydrogens is 292 g/mol. The second-order valence-corrected chi connectivity index (χ2v) is 5.26. The first kappa shape index (κ1) is 15.1. The molecular formula is C18H18N2O3. The van der Waals surface area contributed by atoms with E-state index < -0.39 is 6.04 Å². The fourth-order valence-corrected chi connectivity index (χ4v) is 2.61. The zero-order valence-corrected chi connectivity index (χ0v) is 12.9. The SMILES string of the molecule is CCOc1ccc(N2C(=O)C[C@H](Nc3ccccc3)C2=O)cc1. The van der Waals surface area contributed by atoms with E-state index in [1.165, 1.54) is 4.90 Å². The Balaban J connectivity index is 1.76. The van der Waals surface area contributed by atoms with E-state index in [1.807, 2.05) is 37.3 Å². The molecule has 118 valence electrons. The van der Waals surface area contributed by atoms with Crippen LogP contribution in [0.5, 0.6) is 5.75 Å². The van der Waals surface area contributed by atoms with Gasteiger partial charge in [0, 0.05) is 5.69 Å². The van der Waals surface area contributed by atoms with Crippen LogP contribution in [0.1, 0.15) is 13.3 Å². The van der Waals surface area contributed by atoms with Crippen LogP contribution in [-0.2, 0) is 9.59 Å². The van der Waals surface area contributed by atoms with Gasteiger partial charge >= 0.3 is 0 Å². The van der Waals surface area contributed by atoms with Crippen LogP contribution >= 0.6 is 0 Å². The summed E-state index contributed by atoms with van der Waals surface area (Å²) in [5.41, 5.74) is 1.40. The van der Waals surface area contributed by atoms with Crippen molar-refractivity contribution in [2.45, 2.75) is 19.4 Å². The zero-order valence-electron chi connectivity index (χ0n) is 12.9. The molecule has 1 aliphatic rings. The number of carbonyl (C=O) groups excluding carboxylic acids is 2. The fraction of sp³-hybridized carbons (Fsp3) is 0.222. The van der Waals surface area contributed by atoms with Gasteiger partial charge in [-0.3, -0.25) is 9.59 Å². The van der Waals surface area contributed by atoms with E-state index in [1.54, 1.807) is 24.3 Å². The Hall–Kier alpha value is -2.82. The first-order valence-corrected chi connectivity index (χ1v) is 7.60. The van der Waals surface area contributed by atoms with Crippen LogP contribution in [0.2, 0.25) is 0 Å². The molecule has 2 aromatic rings. The minimum atomic E-state index is -0.531. The second kappa shape index (κ2) is 6.52. The number of para-hydroxylation sites is 1. The van der Waals surface area contributed by atoms with Crippen molar-refractivity contribution in [3.8, 4) is 5.75 Å². The maximum absolute atomic E-state index is 12.5. The van der Waals surface area contributed by atoms with Crippen molar-refractivity contribution >= 4 is 23.2 Å². The van der Waals surface area contributed by atoms with E-state index in [0.29, 0.717) is 18.0 Å². The van der Waals surface area contributed by atoms with Crippen LogP contribution in [0.15, 0.2) is 54.6 Å². The number of ether oxygens (including phenoxy) is 1. The van der Waals surface area contributed by atoms with Crippen molar-refractivity contribution in [3.63, 3.8) is 0 Å². The Bertz CT molecular complexity index is 698. The summed E-state index contributed by atoms with van der Waals surface area (Å²) in [7, 11) is 0. The van der Waals surface area contributed by atoms with Crippen LogP contribution in [0.3, 0.4) is 0 Å². The van der Waals surface area contributed by atoms with Gasteiger partial charge < -0.3 is 10.1 Å². The smallest absolute Gasteiger partial charge is 0.256 e. The number of imide groups is 1. The molecule has 0 bridgehead atoms. The quantitative estimate of drug-likeness (QED) is 0.863. The number of anilines is 2. The molecule has 0 aliphatic carbocycles. The second-order valence-electron chi connectivity index (χ2n) is 5.26. The van der Waals surface area contributed by atoms with Crippen molar-refractivity contribution in [2.24, 2.45) is 0 Å². The number of rotatable bonds is 5. The van der Waals surface area contributed by atoms with Crippen LogP contribution in [0.4, 0.5) is 11.4 Å². The number of benzene rings is 2. The van der Waals surface area contributed by atoms with Gasteiger partial charge in [0.25, 0.3) is 5.91 Å². The third kappa shape index (κ3) is 3.18. The van der Waals surface area contributed by atoms with Crippen molar-refractivity contribution in [2.75, 3.05) is 16.8 Å². The zero-order chi connectivity index (χ0) is 16.2. The van der Waals surface area contributed by atoms with Crippen LogP contribution < -0.4 is 15.0 Å². The molecule has 5 heteroatoms. The number of amides is 2. The Morgan fingerprint density at radius 3 is 2.43 bits per heavy atom. The average Bonchev–Trinajstić information content (AvgIpc) is 2.84. The average molecular weight is 310 g/mol. The molecule has 1 atom stereocenters.